The summed E-state index contributed by atoms with van der Waals surface area (Å²) < 4.78 is 45.5. The molecule has 0 N–H and O–H groups in total. The normalized spacial score (nSPS) is 13.8. The maximum absolute atomic E-state index is 13.8. The monoisotopic (exact) mass is 265 g/mol. The van der Waals surface area contributed by atoms with Gasteiger partial charge in [-0.1, -0.05) is 0 Å². The lowest BCUT2D eigenvalue weighted by molar-refractivity contribution is 0.430. The van der Waals surface area contributed by atoms with Gasteiger partial charge in [-0.15, -0.1) is 0 Å². The summed E-state index contributed by atoms with van der Waals surface area (Å²) in [6, 6.07) is 6.22. The zero-order valence-electron chi connectivity index (χ0n) is 10.1. The van der Waals surface area contributed by atoms with Gasteiger partial charge < -0.3 is 4.42 Å². The highest BCUT2D eigenvalue weighted by Gasteiger charge is 2.34. The van der Waals surface area contributed by atoms with Crippen molar-refractivity contribution in [3.8, 4) is 6.07 Å². The quantitative estimate of drug-likeness (QED) is 0.848. The SMILES string of the molecule is CC(C#N)(Cc1ccco1)c1c(F)cc(F)cc1F. The summed E-state index contributed by atoms with van der Waals surface area (Å²) >= 11 is 0. The van der Waals surface area contributed by atoms with Crippen LogP contribution in [-0.4, -0.2) is 0 Å². The Hall–Kier alpha value is -2.22. The predicted molar refractivity (Wildman–Crippen MR) is 61.7 cm³/mol. The fraction of sp³-hybridized carbons (Fsp3) is 0.214. The van der Waals surface area contributed by atoms with Gasteiger partial charge in [0.15, 0.2) is 0 Å². The molecule has 0 spiro atoms. The first kappa shape index (κ1) is 13.2. The van der Waals surface area contributed by atoms with Crippen LogP contribution in [0, 0.1) is 28.8 Å². The smallest absolute Gasteiger partial charge is 0.133 e. The Balaban J connectivity index is 2.50. The number of rotatable bonds is 3. The van der Waals surface area contributed by atoms with E-state index in [9.17, 15) is 18.4 Å². The summed E-state index contributed by atoms with van der Waals surface area (Å²) in [4.78, 5) is 0. The van der Waals surface area contributed by atoms with Crippen molar-refractivity contribution in [2.75, 3.05) is 0 Å². The fourth-order valence-electron chi connectivity index (χ4n) is 2.01. The highest BCUT2D eigenvalue weighted by Crippen LogP contribution is 2.32. The van der Waals surface area contributed by atoms with Crippen LogP contribution in [0.2, 0.25) is 0 Å². The van der Waals surface area contributed by atoms with Crippen LogP contribution in [0.25, 0.3) is 0 Å². The molecule has 0 aliphatic carbocycles. The molecule has 1 atom stereocenters. The van der Waals surface area contributed by atoms with Crippen molar-refractivity contribution >= 4 is 0 Å². The van der Waals surface area contributed by atoms with E-state index < -0.39 is 28.4 Å². The fourth-order valence-corrected chi connectivity index (χ4v) is 2.01. The minimum atomic E-state index is -1.47. The van der Waals surface area contributed by atoms with E-state index in [1.54, 1.807) is 12.1 Å². The molecule has 0 fully saturated rings. The van der Waals surface area contributed by atoms with E-state index in [0.29, 0.717) is 17.9 Å². The lowest BCUT2D eigenvalue weighted by Crippen LogP contribution is -2.26. The maximum atomic E-state index is 13.8. The molecule has 2 nitrogen and oxygen atoms in total. The molecule has 1 unspecified atom stereocenters. The zero-order valence-corrected chi connectivity index (χ0v) is 10.1. The van der Waals surface area contributed by atoms with Gasteiger partial charge in [-0.05, 0) is 19.1 Å². The number of halogens is 3. The Morgan fingerprint density at radius 2 is 1.89 bits per heavy atom. The molecule has 2 rings (SSSR count). The van der Waals surface area contributed by atoms with Crippen molar-refractivity contribution in [1.82, 2.24) is 0 Å². The largest absolute Gasteiger partial charge is 0.469 e. The van der Waals surface area contributed by atoms with E-state index in [2.05, 4.69) is 0 Å². The molecule has 0 aliphatic rings. The maximum Gasteiger partial charge on any atom is 0.133 e. The molecule has 0 saturated carbocycles. The van der Waals surface area contributed by atoms with Gasteiger partial charge in [-0.3, -0.25) is 0 Å². The Morgan fingerprint density at radius 1 is 1.26 bits per heavy atom. The average molecular weight is 265 g/mol. The van der Waals surface area contributed by atoms with Gasteiger partial charge in [-0.2, -0.15) is 5.26 Å². The Bertz CT molecular complexity index is 608. The van der Waals surface area contributed by atoms with Crippen LogP contribution in [-0.2, 0) is 11.8 Å². The molecule has 19 heavy (non-hydrogen) atoms. The first-order chi connectivity index (χ1) is 8.96. The van der Waals surface area contributed by atoms with Gasteiger partial charge >= 0.3 is 0 Å². The van der Waals surface area contributed by atoms with Gasteiger partial charge in [0.1, 0.15) is 23.2 Å². The summed E-state index contributed by atoms with van der Waals surface area (Å²) in [7, 11) is 0. The Morgan fingerprint density at radius 3 is 2.37 bits per heavy atom. The topological polar surface area (TPSA) is 36.9 Å². The molecule has 5 heteroatoms. The summed E-state index contributed by atoms with van der Waals surface area (Å²) in [5.41, 5.74) is -1.92. The number of furan rings is 1. The molecule has 98 valence electrons. The molecule has 1 heterocycles. The van der Waals surface area contributed by atoms with E-state index in [-0.39, 0.29) is 6.42 Å². The predicted octanol–water partition coefficient (Wildman–Crippen LogP) is 3.72. The summed E-state index contributed by atoms with van der Waals surface area (Å²) in [5.74, 6) is -2.74. The third kappa shape index (κ3) is 2.48. The molecular weight excluding hydrogens is 255 g/mol. The molecule has 0 radical (unpaired) electrons. The summed E-state index contributed by atoms with van der Waals surface area (Å²) in [6.07, 6.45) is 1.40. The third-order valence-corrected chi connectivity index (χ3v) is 2.91. The summed E-state index contributed by atoms with van der Waals surface area (Å²) in [6.45, 7) is 1.38. The van der Waals surface area contributed by atoms with Gasteiger partial charge in [0, 0.05) is 24.1 Å². The van der Waals surface area contributed by atoms with Gasteiger partial charge in [0.25, 0.3) is 0 Å². The highest BCUT2D eigenvalue weighted by atomic mass is 19.1. The average Bonchev–Trinajstić information content (AvgIpc) is 2.80. The van der Waals surface area contributed by atoms with Gasteiger partial charge in [0.2, 0.25) is 0 Å². The van der Waals surface area contributed by atoms with Crippen LogP contribution in [0.15, 0.2) is 34.9 Å². The van der Waals surface area contributed by atoms with Crippen LogP contribution in [0.1, 0.15) is 18.2 Å². The molecule has 1 aromatic carbocycles. The van der Waals surface area contributed by atoms with Crippen molar-refractivity contribution in [3.05, 3.63) is 59.3 Å². The Kier molecular flexibility index (Phi) is 3.34. The highest BCUT2D eigenvalue weighted by molar-refractivity contribution is 5.36. The second-order valence-corrected chi connectivity index (χ2v) is 4.44. The number of hydrogen-bond acceptors (Lipinski definition) is 2. The second-order valence-electron chi connectivity index (χ2n) is 4.44. The van der Waals surface area contributed by atoms with Crippen molar-refractivity contribution in [1.29, 1.82) is 5.26 Å². The number of nitriles is 1. The van der Waals surface area contributed by atoms with Crippen LogP contribution in [0.5, 0.6) is 0 Å². The van der Waals surface area contributed by atoms with Crippen molar-refractivity contribution in [2.45, 2.75) is 18.8 Å². The standard InChI is InChI=1S/C14H10F3NO/c1-14(8-18,7-10-3-2-4-19-10)13-11(16)5-9(15)6-12(13)17/h2-6H,7H2,1H3. The van der Waals surface area contributed by atoms with E-state index in [0.717, 1.165) is 0 Å². The van der Waals surface area contributed by atoms with E-state index in [1.165, 1.54) is 13.2 Å². The molecule has 1 aromatic heterocycles. The van der Waals surface area contributed by atoms with Crippen LogP contribution in [0.3, 0.4) is 0 Å². The van der Waals surface area contributed by atoms with E-state index in [4.69, 9.17) is 4.42 Å². The van der Waals surface area contributed by atoms with Gasteiger partial charge in [-0.25, -0.2) is 13.2 Å². The lowest BCUT2D eigenvalue weighted by Gasteiger charge is -2.22. The third-order valence-electron chi connectivity index (χ3n) is 2.91. The van der Waals surface area contributed by atoms with Gasteiger partial charge in [0.05, 0.1) is 17.7 Å². The molecule has 0 amide bonds. The lowest BCUT2D eigenvalue weighted by atomic mass is 9.79. The number of benzene rings is 1. The second kappa shape index (κ2) is 4.81. The first-order valence-corrected chi connectivity index (χ1v) is 5.55. The van der Waals surface area contributed by atoms with Crippen molar-refractivity contribution in [3.63, 3.8) is 0 Å². The minimum absolute atomic E-state index is 0.00400. The molecular formula is C14H10F3NO. The Labute approximate surface area is 108 Å². The van der Waals surface area contributed by atoms with Crippen LogP contribution >= 0.6 is 0 Å². The van der Waals surface area contributed by atoms with Crippen LogP contribution < -0.4 is 0 Å². The van der Waals surface area contributed by atoms with E-state index >= 15 is 0 Å². The zero-order chi connectivity index (χ0) is 14.0. The van der Waals surface area contributed by atoms with E-state index in [1.807, 2.05) is 6.07 Å². The number of nitrogens with zero attached hydrogens (tertiary/aromatic N) is 1. The molecule has 0 aliphatic heterocycles. The molecule has 0 bridgehead atoms. The number of hydrogen-bond donors (Lipinski definition) is 0. The van der Waals surface area contributed by atoms with Crippen LogP contribution in [0.4, 0.5) is 13.2 Å². The minimum Gasteiger partial charge on any atom is -0.469 e. The van der Waals surface area contributed by atoms with Crippen molar-refractivity contribution in [2.24, 2.45) is 0 Å². The first-order valence-electron chi connectivity index (χ1n) is 5.55. The summed E-state index contributed by atoms with van der Waals surface area (Å²) in [5, 5.41) is 9.24. The molecule has 0 saturated heterocycles. The molecule has 2 aromatic rings. The van der Waals surface area contributed by atoms with Crippen molar-refractivity contribution < 1.29 is 17.6 Å².